The van der Waals surface area contributed by atoms with Crippen molar-refractivity contribution >= 4 is 11.9 Å². The lowest BCUT2D eigenvalue weighted by atomic mass is 10.1. The Morgan fingerprint density at radius 2 is 1.75 bits per heavy atom. The van der Waals surface area contributed by atoms with Crippen LogP contribution in [0.15, 0.2) is 0 Å². The van der Waals surface area contributed by atoms with E-state index in [9.17, 15) is 0 Å². The molecule has 1 saturated heterocycles. The van der Waals surface area contributed by atoms with Crippen molar-refractivity contribution in [3.05, 3.63) is 0 Å². The molecule has 0 bridgehead atoms. The first-order valence-electron chi connectivity index (χ1n) is 8.48. The van der Waals surface area contributed by atoms with Crippen molar-refractivity contribution in [3.8, 4) is 6.01 Å². The maximum Gasteiger partial charge on any atom is 0.322 e. The first-order valence-corrected chi connectivity index (χ1v) is 8.48. The van der Waals surface area contributed by atoms with E-state index in [1.807, 2.05) is 0 Å². The Morgan fingerprint density at radius 3 is 2.46 bits per heavy atom. The summed E-state index contributed by atoms with van der Waals surface area (Å²) in [4.78, 5) is 15.2. The van der Waals surface area contributed by atoms with Gasteiger partial charge < -0.3 is 30.2 Å². The van der Waals surface area contributed by atoms with E-state index in [4.69, 9.17) is 19.9 Å². The highest BCUT2D eigenvalue weighted by Crippen LogP contribution is 2.18. The Hall–Kier alpha value is -1.71. The summed E-state index contributed by atoms with van der Waals surface area (Å²) < 4.78 is 15.9. The third kappa shape index (κ3) is 6.42. The lowest BCUT2D eigenvalue weighted by molar-refractivity contribution is 0.0547. The van der Waals surface area contributed by atoms with Gasteiger partial charge in [-0.05, 0) is 19.3 Å². The van der Waals surface area contributed by atoms with E-state index < -0.39 is 0 Å². The standard InChI is InChI=1S/C15H28N6O3/c1-22-15-19-13(17-6-10-24-12-11-23-9-5-16)18-14(20-15)21-7-3-2-4-8-21/h2-12,16H2,1H3,(H,17,18,19,20). The summed E-state index contributed by atoms with van der Waals surface area (Å²) in [6.07, 6.45) is 3.59. The number of methoxy groups -OCH3 is 1. The molecule has 0 aromatic carbocycles. The quantitative estimate of drug-likeness (QED) is 0.549. The number of ether oxygens (including phenoxy) is 3. The van der Waals surface area contributed by atoms with Gasteiger partial charge in [0, 0.05) is 26.2 Å². The number of anilines is 2. The Balaban J connectivity index is 1.77. The highest BCUT2D eigenvalue weighted by atomic mass is 16.5. The normalized spacial score (nSPS) is 14.7. The first kappa shape index (κ1) is 18.6. The van der Waals surface area contributed by atoms with Gasteiger partial charge in [0.25, 0.3) is 0 Å². The largest absolute Gasteiger partial charge is 0.467 e. The molecule has 9 heteroatoms. The highest BCUT2D eigenvalue weighted by molar-refractivity contribution is 5.38. The second-order valence-electron chi connectivity index (χ2n) is 5.43. The number of hydrogen-bond acceptors (Lipinski definition) is 9. The third-order valence-electron chi connectivity index (χ3n) is 3.59. The molecule has 2 heterocycles. The Bertz CT molecular complexity index is 471. The second kappa shape index (κ2) is 11.0. The average Bonchev–Trinajstić information content (AvgIpc) is 2.64. The van der Waals surface area contributed by atoms with E-state index in [0.717, 1.165) is 25.9 Å². The lowest BCUT2D eigenvalue weighted by Gasteiger charge is -2.26. The molecule has 136 valence electrons. The third-order valence-corrected chi connectivity index (χ3v) is 3.59. The number of aromatic nitrogens is 3. The summed E-state index contributed by atoms with van der Waals surface area (Å²) in [6, 6.07) is 0.323. The number of rotatable bonds is 11. The van der Waals surface area contributed by atoms with E-state index in [2.05, 4.69) is 25.2 Å². The van der Waals surface area contributed by atoms with Crippen LogP contribution >= 0.6 is 0 Å². The van der Waals surface area contributed by atoms with Crippen molar-refractivity contribution < 1.29 is 14.2 Å². The molecule has 0 aliphatic carbocycles. The second-order valence-corrected chi connectivity index (χ2v) is 5.43. The van der Waals surface area contributed by atoms with Crippen molar-refractivity contribution in [2.24, 2.45) is 5.73 Å². The molecule has 9 nitrogen and oxygen atoms in total. The van der Waals surface area contributed by atoms with Crippen LogP contribution in [-0.4, -0.2) is 74.7 Å². The summed E-state index contributed by atoms with van der Waals surface area (Å²) >= 11 is 0. The molecular weight excluding hydrogens is 312 g/mol. The van der Waals surface area contributed by atoms with Crippen molar-refractivity contribution in [2.45, 2.75) is 19.3 Å². The van der Waals surface area contributed by atoms with Gasteiger partial charge in [-0.3, -0.25) is 0 Å². The zero-order valence-corrected chi connectivity index (χ0v) is 14.4. The summed E-state index contributed by atoms with van der Waals surface area (Å²) in [5, 5.41) is 3.15. The maximum absolute atomic E-state index is 5.46. The van der Waals surface area contributed by atoms with Crippen LogP contribution in [0.3, 0.4) is 0 Å². The number of nitrogens with one attached hydrogen (secondary N) is 1. The summed E-state index contributed by atoms with van der Waals surface area (Å²) in [5.41, 5.74) is 5.34. The maximum atomic E-state index is 5.46. The molecule has 0 unspecified atom stereocenters. The Morgan fingerprint density at radius 1 is 1.00 bits per heavy atom. The van der Waals surface area contributed by atoms with E-state index in [-0.39, 0.29) is 0 Å². The molecule has 0 radical (unpaired) electrons. The molecule has 2 rings (SSSR count). The summed E-state index contributed by atoms with van der Waals surface area (Å²) in [6.45, 7) is 5.27. The van der Waals surface area contributed by atoms with E-state index in [1.54, 1.807) is 7.11 Å². The molecule has 0 saturated carbocycles. The molecule has 1 fully saturated rings. The molecule has 1 aromatic heterocycles. The van der Waals surface area contributed by atoms with Gasteiger partial charge >= 0.3 is 6.01 Å². The van der Waals surface area contributed by atoms with E-state index in [0.29, 0.717) is 57.4 Å². The van der Waals surface area contributed by atoms with Crippen molar-refractivity contribution in [2.75, 3.05) is 69.9 Å². The Kier molecular flexibility index (Phi) is 8.50. The van der Waals surface area contributed by atoms with Crippen LogP contribution in [0.2, 0.25) is 0 Å². The number of piperidine rings is 1. The molecule has 0 amide bonds. The topological polar surface area (TPSA) is 108 Å². The smallest absolute Gasteiger partial charge is 0.322 e. The highest BCUT2D eigenvalue weighted by Gasteiger charge is 2.16. The number of hydrogen-bond donors (Lipinski definition) is 2. The van der Waals surface area contributed by atoms with Crippen LogP contribution in [0.1, 0.15) is 19.3 Å². The molecule has 3 N–H and O–H groups in total. The van der Waals surface area contributed by atoms with Crippen LogP contribution in [0.4, 0.5) is 11.9 Å². The van der Waals surface area contributed by atoms with Gasteiger partial charge in [-0.15, -0.1) is 0 Å². The summed E-state index contributed by atoms with van der Waals surface area (Å²) in [5.74, 6) is 1.17. The van der Waals surface area contributed by atoms with Gasteiger partial charge in [-0.2, -0.15) is 15.0 Å². The van der Waals surface area contributed by atoms with Crippen LogP contribution < -0.4 is 20.7 Å². The fourth-order valence-corrected chi connectivity index (χ4v) is 2.39. The van der Waals surface area contributed by atoms with E-state index in [1.165, 1.54) is 6.42 Å². The van der Waals surface area contributed by atoms with Crippen LogP contribution in [-0.2, 0) is 9.47 Å². The van der Waals surface area contributed by atoms with Gasteiger partial charge in [0.2, 0.25) is 11.9 Å². The molecule has 1 aromatic rings. The zero-order valence-electron chi connectivity index (χ0n) is 14.4. The zero-order chi connectivity index (χ0) is 17.0. The minimum absolute atomic E-state index is 0.323. The molecular formula is C15H28N6O3. The molecule has 0 spiro atoms. The molecule has 1 aliphatic rings. The average molecular weight is 340 g/mol. The monoisotopic (exact) mass is 340 g/mol. The number of nitrogens with two attached hydrogens (primary N) is 1. The summed E-state index contributed by atoms with van der Waals surface area (Å²) in [7, 11) is 1.56. The minimum Gasteiger partial charge on any atom is -0.467 e. The van der Waals surface area contributed by atoms with Crippen molar-refractivity contribution in [1.29, 1.82) is 0 Å². The molecule has 0 atom stereocenters. The van der Waals surface area contributed by atoms with Crippen molar-refractivity contribution in [1.82, 2.24) is 15.0 Å². The molecule has 1 aliphatic heterocycles. The SMILES string of the molecule is COc1nc(NCCOCCOCCN)nc(N2CCCCC2)n1. The van der Waals surface area contributed by atoms with Crippen molar-refractivity contribution in [3.63, 3.8) is 0 Å². The fourth-order valence-electron chi connectivity index (χ4n) is 2.39. The van der Waals surface area contributed by atoms with Crippen LogP contribution in [0, 0.1) is 0 Å². The van der Waals surface area contributed by atoms with Gasteiger partial charge in [-0.25, -0.2) is 0 Å². The van der Waals surface area contributed by atoms with Gasteiger partial charge in [0.05, 0.1) is 33.5 Å². The molecule has 24 heavy (non-hydrogen) atoms. The first-order chi connectivity index (χ1) is 11.8. The minimum atomic E-state index is 0.323. The van der Waals surface area contributed by atoms with E-state index >= 15 is 0 Å². The van der Waals surface area contributed by atoms with Gasteiger partial charge in [0.15, 0.2) is 0 Å². The van der Waals surface area contributed by atoms with Gasteiger partial charge in [-0.1, -0.05) is 0 Å². The Labute approximate surface area is 142 Å². The predicted molar refractivity (Wildman–Crippen MR) is 91.6 cm³/mol. The predicted octanol–water partition coefficient (Wildman–Crippen LogP) is 0.274. The van der Waals surface area contributed by atoms with Crippen LogP contribution in [0.5, 0.6) is 6.01 Å². The lowest BCUT2D eigenvalue weighted by Crippen LogP contribution is -2.31. The van der Waals surface area contributed by atoms with Crippen LogP contribution in [0.25, 0.3) is 0 Å². The number of nitrogens with zero attached hydrogens (tertiary/aromatic N) is 4. The fraction of sp³-hybridized carbons (Fsp3) is 0.800. The van der Waals surface area contributed by atoms with Gasteiger partial charge in [0.1, 0.15) is 0 Å².